The van der Waals surface area contributed by atoms with Gasteiger partial charge in [-0.1, -0.05) is 0 Å². The largest absolute Gasteiger partial charge is 0.481 e. The molecule has 0 fully saturated rings. The van der Waals surface area contributed by atoms with Gasteiger partial charge in [-0.15, -0.1) is 0 Å². The van der Waals surface area contributed by atoms with Gasteiger partial charge in [0.05, 0.1) is 6.42 Å². The summed E-state index contributed by atoms with van der Waals surface area (Å²) in [4.78, 5) is 12.3. The molecular weight excluding hydrogens is 211 g/mol. The zero-order chi connectivity index (χ0) is 12.3. The number of halogens is 1. The van der Waals surface area contributed by atoms with Crippen molar-refractivity contribution >= 4 is 11.7 Å². The van der Waals surface area contributed by atoms with Crippen LogP contribution >= 0.6 is 0 Å². The maximum absolute atomic E-state index is 13.1. The summed E-state index contributed by atoms with van der Waals surface area (Å²) in [5.74, 6) is -1.41. The maximum atomic E-state index is 13.1. The van der Waals surface area contributed by atoms with E-state index in [2.05, 4.69) is 0 Å². The van der Waals surface area contributed by atoms with Gasteiger partial charge in [0.1, 0.15) is 5.82 Å². The molecule has 0 aromatic heterocycles. The molecule has 16 heavy (non-hydrogen) atoms. The molecule has 0 aliphatic carbocycles. The molecule has 5 heteroatoms. The van der Waals surface area contributed by atoms with Gasteiger partial charge in [0.25, 0.3) is 0 Å². The first-order chi connectivity index (χ1) is 7.41. The number of carbonyl (C=O) groups is 1. The van der Waals surface area contributed by atoms with E-state index in [0.717, 1.165) is 5.69 Å². The molecule has 0 saturated carbocycles. The molecule has 88 valence electrons. The van der Waals surface area contributed by atoms with Crippen LogP contribution in [0.2, 0.25) is 0 Å². The number of nitrogens with two attached hydrogens (primary N) is 1. The molecule has 1 rings (SSSR count). The van der Waals surface area contributed by atoms with Crippen LogP contribution in [0.4, 0.5) is 10.1 Å². The van der Waals surface area contributed by atoms with Crippen molar-refractivity contribution in [3.05, 3.63) is 29.6 Å². The number of rotatable bonds is 4. The van der Waals surface area contributed by atoms with Crippen molar-refractivity contribution in [1.82, 2.24) is 0 Å². The van der Waals surface area contributed by atoms with E-state index < -0.39 is 17.8 Å². The predicted molar refractivity (Wildman–Crippen MR) is 59.9 cm³/mol. The lowest BCUT2D eigenvalue weighted by Gasteiger charge is -2.20. The van der Waals surface area contributed by atoms with Crippen molar-refractivity contribution in [3.8, 4) is 0 Å². The Morgan fingerprint density at radius 1 is 1.56 bits per heavy atom. The van der Waals surface area contributed by atoms with Crippen molar-refractivity contribution in [2.75, 3.05) is 19.0 Å². The monoisotopic (exact) mass is 226 g/mol. The molecule has 0 radical (unpaired) electrons. The van der Waals surface area contributed by atoms with E-state index in [1.807, 2.05) is 0 Å². The second-order valence-corrected chi connectivity index (χ2v) is 3.80. The summed E-state index contributed by atoms with van der Waals surface area (Å²) in [7, 11) is 3.59. The summed E-state index contributed by atoms with van der Waals surface area (Å²) in [6, 6.07) is 3.49. The smallest absolute Gasteiger partial charge is 0.305 e. The molecule has 1 atom stereocenters. The van der Waals surface area contributed by atoms with E-state index in [9.17, 15) is 9.18 Å². The summed E-state index contributed by atoms with van der Waals surface area (Å²) in [5.41, 5.74) is 6.97. The fourth-order valence-electron chi connectivity index (χ4n) is 1.53. The second kappa shape index (κ2) is 4.94. The number of carboxylic acids is 1. The summed E-state index contributed by atoms with van der Waals surface area (Å²) >= 11 is 0. The van der Waals surface area contributed by atoms with Crippen LogP contribution in [-0.4, -0.2) is 25.2 Å². The first-order valence-corrected chi connectivity index (χ1v) is 4.86. The molecule has 0 amide bonds. The third-order valence-electron chi connectivity index (χ3n) is 2.27. The quantitative estimate of drug-likeness (QED) is 0.813. The minimum Gasteiger partial charge on any atom is -0.481 e. The highest BCUT2D eigenvalue weighted by Gasteiger charge is 2.16. The first kappa shape index (κ1) is 12.4. The Morgan fingerprint density at radius 2 is 2.19 bits per heavy atom. The Labute approximate surface area is 93.5 Å². The number of hydrogen-bond donors (Lipinski definition) is 2. The van der Waals surface area contributed by atoms with Crippen molar-refractivity contribution in [1.29, 1.82) is 0 Å². The van der Waals surface area contributed by atoms with E-state index >= 15 is 0 Å². The first-order valence-electron chi connectivity index (χ1n) is 4.86. The topological polar surface area (TPSA) is 66.6 Å². The Bertz CT molecular complexity index is 394. The number of benzene rings is 1. The molecule has 0 aliphatic heterocycles. The molecular formula is C11H15FN2O2. The van der Waals surface area contributed by atoms with E-state index in [4.69, 9.17) is 10.8 Å². The van der Waals surface area contributed by atoms with Gasteiger partial charge >= 0.3 is 5.97 Å². The lowest BCUT2D eigenvalue weighted by Crippen LogP contribution is -2.20. The minimum absolute atomic E-state index is 0.218. The van der Waals surface area contributed by atoms with Crippen LogP contribution in [0.15, 0.2) is 18.2 Å². The Morgan fingerprint density at radius 3 is 2.69 bits per heavy atom. The van der Waals surface area contributed by atoms with E-state index in [1.54, 1.807) is 25.1 Å². The van der Waals surface area contributed by atoms with Crippen molar-refractivity contribution in [2.45, 2.75) is 12.5 Å². The van der Waals surface area contributed by atoms with Crippen LogP contribution in [0, 0.1) is 5.82 Å². The van der Waals surface area contributed by atoms with Crippen LogP contribution in [0.3, 0.4) is 0 Å². The van der Waals surface area contributed by atoms with Gasteiger partial charge in [0, 0.05) is 25.8 Å². The van der Waals surface area contributed by atoms with Gasteiger partial charge in [0.15, 0.2) is 0 Å². The molecule has 0 spiro atoms. The molecule has 4 nitrogen and oxygen atoms in total. The van der Waals surface area contributed by atoms with Gasteiger partial charge in [-0.05, 0) is 23.8 Å². The van der Waals surface area contributed by atoms with Crippen LogP contribution in [0.5, 0.6) is 0 Å². The molecule has 0 bridgehead atoms. The highest BCUT2D eigenvalue weighted by molar-refractivity contribution is 5.69. The molecule has 1 unspecified atom stereocenters. The van der Waals surface area contributed by atoms with Gasteiger partial charge in [0.2, 0.25) is 0 Å². The van der Waals surface area contributed by atoms with E-state index in [0.29, 0.717) is 5.56 Å². The molecule has 0 heterocycles. The molecule has 0 aliphatic rings. The van der Waals surface area contributed by atoms with Crippen molar-refractivity contribution in [2.24, 2.45) is 5.73 Å². The highest BCUT2D eigenvalue weighted by Crippen LogP contribution is 2.26. The van der Waals surface area contributed by atoms with Crippen LogP contribution in [0.1, 0.15) is 18.0 Å². The normalized spacial score (nSPS) is 12.2. The number of anilines is 1. The third kappa shape index (κ3) is 2.93. The Hall–Kier alpha value is -1.62. The van der Waals surface area contributed by atoms with Gasteiger partial charge in [-0.2, -0.15) is 0 Å². The summed E-state index contributed by atoms with van der Waals surface area (Å²) in [6.07, 6.45) is -0.218. The van der Waals surface area contributed by atoms with E-state index in [-0.39, 0.29) is 6.42 Å². The molecule has 1 aromatic rings. The summed E-state index contributed by atoms with van der Waals surface area (Å²) in [5, 5.41) is 8.66. The lowest BCUT2D eigenvalue weighted by molar-refractivity contribution is -0.137. The van der Waals surface area contributed by atoms with E-state index in [1.165, 1.54) is 12.1 Å². The molecule has 3 N–H and O–H groups in total. The number of aliphatic carboxylic acids is 1. The second-order valence-electron chi connectivity index (χ2n) is 3.80. The average Bonchev–Trinajstić information content (AvgIpc) is 2.15. The SMILES string of the molecule is CN(C)c1ccc(F)cc1C(N)CC(=O)O. The van der Waals surface area contributed by atoms with Gasteiger partial charge < -0.3 is 15.7 Å². The average molecular weight is 226 g/mol. The van der Waals surface area contributed by atoms with Crippen LogP contribution in [-0.2, 0) is 4.79 Å². The maximum Gasteiger partial charge on any atom is 0.305 e. The van der Waals surface area contributed by atoms with Gasteiger partial charge in [-0.25, -0.2) is 4.39 Å². The fraction of sp³-hybridized carbons (Fsp3) is 0.364. The highest BCUT2D eigenvalue weighted by atomic mass is 19.1. The number of nitrogens with zero attached hydrogens (tertiary/aromatic N) is 1. The zero-order valence-electron chi connectivity index (χ0n) is 9.27. The molecule has 1 aromatic carbocycles. The van der Waals surface area contributed by atoms with Gasteiger partial charge in [-0.3, -0.25) is 4.79 Å². The zero-order valence-corrected chi connectivity index (χ0v) is 9.27. The van der Waals surface area contributed by atoms with Crippen LogP contribution < -0.4 is 10.6 Å². The number of hydrogen-bond acceptors (Lipinski definition) is 3. The summed E-state index contributed by atoms with van der Waals surface area (Å²) in [6.45, 7) is 0. The number of carboxylic acid groups (broad SMARTS) is 1. The summed E-state index contributed by atoms with van der Waals surface area (Å²) < 4.78 is 13.1. The third-order valence-corrected chi connectivity index (χ3v) is 2.27. The lowest BCUT2D eigenvalue weighted by atomic mass is 10.0. The predicted octanol–water partition coefficient (Wildman–Crippen LogP) is 1.37. The Balaban J connectivity index is 3.08. The minimum atomic E-state index is -0.999. The van der Waals surface area contributed by atoms with Crippen molar-refractivity contribution in [3.63, 3.8) is 0 Å². The van der Waals surface area contributed by atoms with Crippen LogP contribution in [0.25, 0.3) is 0 Å². The Kier molecular flexibility index (Phi) is 3.84. The molecule has 0 saturated heterocycles. The standard InChI is InChI=1S/C11H15FN2O2/c1-14(2)10-4-3-7(12)5-8(10)9(13)6-11(15)16/h3-5,9H,6,13H2,1-2H3,(H,15,16). The van der Waals surface area contributed by atoms with Crippen molar-refractivity contribution < 1.29 is 14.3 Å². The fourth-order valence-corrected chi connectivity index (χ4v) is 1.53.